The van der Waals surface area contributed by atoms with Gasteiger partial charge in [-0.1, -0.05) is 36.4 Å². The molecule has 1 atom stereocenters. The lowest BCUT2D eigenvalue weighted by Crippen LogP contribution is -2.31. The fourth-order valence-corrected chi connectivity index (χ4v) is 3.03. The van der Waals surface area contributed by atoms with Crippen molar-refractivity contribution in [3.8, 4) is 11.5 Å². The normalized spacial score (nSPS) is 11.1. The average molecular weight is 463 g/mol. The number of esters is 1. The van der Waals surface area contributed by atoms with E-state index in [1.165, 1.54) is 17.0 Å². The standard InChI is InChI=1S/C26H26N2O6/c1-28(2)25(30)24(18-8-5-4-6-9-18)34-26(31)19-12-14-21(15-13-19)33-17-23(29)27-20-10-7-11-22(16-20)32-3/h4-16,24H,17H2,1-3H3,(H,27,29). The second kappa shape index (κ2) is 11.5. The molecule has 0 bridgehead atoms. The van der Waals surface area contributed by atoms with Crippen LogP contribution >= 0.6 is 0 Å². The molecule has 8 heteroatoms. The Hall–Kier alpha value is -4.33. The number of likely N-dealkylation sites (N-methyl/N-ethyl adjacent to an activating group) is 1. The van der Waals surface area contributed by atoms with Crippen molar-refractivity contribution in [2.75, 3.05) is 33.1 Å². The van der Waals surface area contributed by atoms with Crippen molar-refractivity contribution in [3.63, 3.8) is 0 Å². The highest BCUT2D eigenvalue weighted by Gasteiger charge is 2.27. The summed E-state index contributed by atoms with van der Waals surface area (Å²) in [5.41, 5.74) is 1.42. The van der Waals surface area contributed by atoms with Gasteiger partial charge in [0.15, 0.2) is 6.61 Å². The predicted octanol–water partition coefficient (Wildman–Crippen LogP) is 3.70. The number of carbonyl (C=O) groups is 3. The zero-order chi connectivity index (χ0) is 24.5. The number of anilines is 1. The summed E-state index contributed by atoms with van der Waals surface area (Å²) >= 11 is 0. The van der Waals surface area contributed by atoms with Gasteiger partial charge in [-0.2, -0.15) is 0 Å². The molecule has 8 nitrogen and oxygen atoms in total. The summed E-state index contributed by atoms with van der Waals surface area (Å²) in [6.45, 7) is -0.214. The van der Waals surface area contributed by atoms with Crippen LogP contribution in [-0.4, -0.2) is 50.5 Å². The zero-order valence-corrected chi connectivity index (χ0v) is 19.2. The summed E-state index contributed by atoms with van der Waals surface area (Å²) in [5, 5.41) is 2.72. The molecule has 0 fully saturated rings. The Labute approximate surface area is 198 Å². The summed E-state index contributed by atoms with van der Waals surface area (Å²) in [5.74, 6) is -0.304. The lowest BCUT2D eigenvalue weighted by Gasteiger charge is -2.21. The van der Waals surface area contributed by atoms with Gasteiger partial charge in [-0.15, -0.1) is 0 Å². The molecule has 34 heavy (non-hydrogen) atoms. The smallest absolute Gasteiger partial charge is 0.339 e. The third kappa shape index (κ3) is 6.59. The molecular weight excluding hydrogens is 436 g/mol. The molecule has 0 saturated heterocycles. The number of hydrogen-bond donors (Lipinski definition) is 1. The molecule has 0 saturated carbocycles. The van der Waals surface area contributed by atoms with E-state index in [4.69, 9.17) is 14.2 Å². The number of hydrogen-bond acceptors (Lipinski definition) is 6. The molecule has 3 aromatic carbocycles. The van der Waals surface area contributed by atoms with Crippen LogP contribution in [0, 0.1) is 0 Å². The van der Waals surface area contributed by atoms with Gasteiger partial charge in [0.2, 0.25) is 6.10 Å². The second-order valence-corrected chi connectivity index (χ2v) is 7.52. The van der Waals surface area contributed by atoms with Gasteiger partial charge in [0.25, 0.3) is 11.8 Å². The number of methoxy groups -OCH3 is 1. The van der Waals surface area contributed by atoms with Crippen molar-refractivity contribution < 1.29 is 28.6 Å². The van der Waals surface area contributed by atoms with Crippen LogP contribution in [0.2, 0.25) is 0 Å². The summed E-state index contributed by atoms with van der Waals surface area (Å²) in [6.07, 6.45) is -1.06. The zero-order valence-electron chi connectivity index (χ0n) is 19.2. The highest BCUT2D eigenvalue weighted by molar-refractivity contribution is 5.93. The molecular formula is C26H26N2O6. The SMILES string of the molecule is COc1cccc(NC(=O)COc2ccc(C(=O)OC(C(=O)N(C)C)c3ccccc3)cc2)c1. The molecule has 1 N–H and O–H groups in total. The number of nitrogens with one attached hydrogen (secondary N) is 1. The van der Waals surface area contributed by atoms with E-state index in [1.807, 2.05) is 6.07 Å². The first-order chi connectivity index (χ1) is 16.4. The lowest BCUT2D eigenvalue weighted by molar-refractivity contribution is -0.138. The van der Waals surface area contributed by atoms with E-state index in [0.29, 0.717) is 22.7 Å². The van der Waals surface area contributed by atoms with Crippen LogP contribution in [0.15, 0.2) is 78.9 Å². The molecule has 0 aliphatic heterocycles. The molecule has 0 aromatic heterocycles. The van der Waals surface area contributed by atoms with Crippen LogP contribution in [-0.2, 0) is 14.3 Å². The van der Waals surface area contributed by atoms with Crippen molar-refractivity contribution in [3.05, 3.63) is 90.0 Å². The van der Waals surface area contributed by atoms with Crippen LogP contribution in [0.5, 0.6) is 11.5 Å². The van der Waals surface area contributed by atoms with Crippen molar-refractivity contribution in [2.24, 2.45) is 0 Å². The number of carbonyl (C=O) groups excluding carboxylic acids is 3. The number of amides is 2. The van der Waals surface area contributed by atoms with E-state index in [-0.39, 0.29) is 24.0 Å². The number of rotatable bonds is 9. The summed E-state index contributed by atoms with van der Waals surface area (Å²) < 4.78 is 16.1. The van der Waals surface area contributed by atoms with Crippen LogP contribution in [0.3, 0.4) is 0 Å². The summed E-state index contributed by atoms with van der Waals surface area (Å²) in [7, 11) is 4.75. The Morgan fingerprint density at radius 3 is 2.24 bits per heavy atom. The van der Waals surface area contributed by atoms with Crippen molar-refractivity contribution in [1.29, 1.82) is 0 Å². The minimum absolute atomic E-state index is 0.214. The van der Waals surface area contributed by atoms with E-state index in [0.717, 1.165) is 0 Å². The van der Waals surface area contributed by atoms with Crippen molar-refractivity contribution in [2.45, 2.75) is 6.10 Å². The third-order valence-electron chi connectivity index (χ3n) is 4.81. The number of nitrogens with zero attached hydrogens (tertiary/aromatic N) is 1. The van der Waals surface area contributed by atoms with Gasteiger partial charge >= 0.3 is 5.97 Å². The first-order valence-electron chi connectivity index (χ1n) is 10.5. The van der Waals surface area contributed by atoms with E-state index >= 15 is 0 Å². The van der Waals surface area contributed by atoms with Gasteiger partial charge in [0, 0.05) is 31.4 Å². The van der Waals surface area contributed by atoms with Gasteiger partial charge < -0.3 is 24.4 Å². The molecule has 0 spiro atoms. The third-order valence-corrected chi connectivity index (χ3v) is 4.81. The summed E-state index contributed by atoms with van der Waals surface area (Å²) in [4.78, 5) is 38.8. The summed E-state index contributed by atoms with van der Waals surface area (Å²) in [6, 6.07) is 21.9. The van der Waals surface area contributed by atoms with Crippen LogP contribution in [0.25, 0.3) is 0 Å². The largest absolute Gasteiger partial charge is 0.497 e. The predicted molar refractivity (Wildman–Crippen MR) is 127 cm³/mol. The Morgan fingerprint density at radius 2 is 1.59 bits per heavy atom. The van der Waals surface area contributed by atoms with E-state index in [1.54, 1.807) is 81.9 Å². The molecule has 0 heterocycles. The molecule has 3 aromatic rings. The van der Waals surface area contributed by atoms with Gasteiger partial charge in [-0.25, -0.2) is 4.79 Å². The molecule has 0 aliphatic rings. The van der Waals surface area contributed by atoms with Gasteiger partial charge in [-0.05, 0) is 36.4 Å². The van der Waals surface area contributed by atoms with Crippen molar-refractivity contribution in [1.82, 2.24) is 4.90 Å². The number of ether oxygens (including phenoxy) is 3. The maximum absolute atomic E-state index is 12.7. The van der Waals surface area contributed by atoms with Gasteiger partial charge in [0.05, 0.1) is 12.7 Å². The van der Waals surface area contributed by atoms with Crippen LogP contribution < -0.4 is 14.8 Å². The first-order valence-corrected chi connectivity index (χ1v) is 10.5. The Kier molecular flexibility index (Phi) is 8.23. The lowest BCUT2D eigenvalue weighted by atomic mass is 10.1. The first kappa shape index (κ1) is 24.3. The monoisotopic (exact) mass is 462 g/mol. The van der Waals surface area contributed by atoms with Gasteiger partial charge in [-0.3, -0.25) is 9.59 Å². The van der Waals surface area contributed by atoms with Crippen LogP contribution in [0.1, 0.15) is 22.0 Å². The van der Waals surface area contributed by atoms with Gasteiger partial charge in [0.1, 0.15) is 11.5 Å². The Balaban J connectivity index is 1.59. The molecule has 0 radical (unpaired) electrons. The van der Waals surface area contributed by atoms with E-state index < -0.39 is 12.1 Å². The highest BCUT2D eigenvalue weighted by Crippen LogP contribution is 2.22. The topological polar surface area (TPSA) is 94.2 Å². The quantitative estimate of drug-likeness (QED) is 0.488. The number of benzene rings is 3. The Morgan fingerprint density at radius 1 is 0.882 bits per heavy atom. The van der Waals surface area contributed by atoms with E-state index in [9.17, 15) is 14.4 Å². The highest BCUT2D eigenvalue weighted by atomic mass is 16.5. The van der Waals surface area contributed by atoms with E-state index in [2.05, 4.69) is 5.32 Å². The molecule has 176 valence electrons. The molecule has 2 amide bonds. The maximum Gasteiger partial charge on any atom is 0.339 e. The fraction of sp³-hybridized carbons (Fsp3) is 0.192. The molecule has 1 unspecified atom stereocenters. The van der Waals surface area contributed by atoms with Crippen LogP contribution in [0.4, 0.5) is 5.69 Å². The minimum atomic E-state index is -1.06. The minimum Gasteiger partial charge on any atom is -0.497 e. The average Bonchev–Trinajstić information content (AvgIpc) is 2.86. The maximum atomic E-state index is 12.7. The Bertz CT molecular complexity index is 1130. The molecule has 0 aliphatic carbocycles. The fourth-order valence-electron chi connectivity index (χ4n) is 3.03. The van der Waals surface area contributed by atoms with Crippen molar-refractivity contribution >= 4 is 23.5 Å². The molecule has 3 rings (SSSR count). The second-order valence-electron chi connectivity index (χ2n) is 7.52.